The van der Waals surface area contributed by atoms with Gasteiger partial charge in [-0.3, -0.25) is 10.1 Å². The summed E-state index contributed by atoms with van der Waals surface area (Å²) in [5.41, 5.74) is -0.256. The van der Waals surface area contributed by atoms with Gasteiger partial charge < -0.3 is 0 Å². The number of hydrogen-bond acceptors (Lipinski definition) is 5. The summed E-state index contributed by atoms with van der Waals surface area (Å²) in [4.78, 5) is 13.0. The van der Waals surface area contributed by atoms with Gasteiger partial charge in [-0.15, -0.1) is 0 Å². The highest BCUT2D eigenvalue weighted by molar-refractivity contribution is 7.94. The van der Waals surface area contributed by atoms with Crippen LogP contribution in [0.25, 0.3) is 0 Å². The Morgan fingerprint density at radius 2 is 2.14 bits per heavy atom. The van der Waals surface area contributed by atoms with E-state index in [-0.39, 0.29) is 10.7 Å². The van der Waals surface area contributed by atoms with Crippen LogP contribution in [0.5, 0.6) is 0 Å². The van der Waals surface area contributed by atoms with Crippen LogP contribution in [0.15, 0.2) is 35.3 Å². The van der Waals surface area contributed by atoms with Gasteiger partial charge in [0.2, 0.25) is 9.84 Å². The first-order valence-electron chi connectivity index (χ1n) is 3.45. The van der Waals surface area contributed by atoms with E-state index in [9.17, 15) is 18.5 Å². The summed E-state index contributed by atoms with van der Waals surface area (Å²) in [5, 5.41) is 10.7. The Labute approximate surface area is 80.0 Å². The number of hydrogen-bond donors (Lipinski definition) is 0. The molecule has 0 saturated heterocycles. The lowest BCUT2D eigenvalue weighted by atomic mass is 10.4. The molecule has 0 atom stereocenters. The topological polar surface area (TPSA) is 90.2 Å². The first-order chi connectivity index (χ1) is 6.47. The minimum Gasteiger partial charge on any atom is -0.258 e. The zero-order valence-corrected chi connectivity index (χ0v) is 7.77. The maximum atomic E-state index is 11.1. The normalized spacial score (nSPS) is 10.9. The van der Waals surface area contributed by atoms with E-state index in [1.54, 1.807) is 0 Å². The highest BCUT2D eigenvalue weighted by Crippen LogP contribution is 2.13. The molecule has 14 heavy (non-hydrogen) atoms. The van der Waals surface area contributed by atoms with Crippen molar-refractivity contribution in [1.29, 1.82) is 0 Å². The van der Waals surface area contributed by atoms with E-state index >= 15 is 0 Å². The third-order valence-electron chi connectivity index (χ3n) is 1.44. The fourth-order valence-electron chi connectivity index (χ4n) is 0.734. The molecule has 6 nitrogen and oxygen atoms in total. The second-order valence-electron chi connectivity index (χ2n) is 2.32. The van der Waals surface area contributed by atoms with Crippen molar-refractivity contribution in [2.75, 3.05) is 0 Å². The molecule has 0 unspecified atom stereocenters. The van der Waals surface area contributed by atoms with Crippen LogP contribution >= 0.6 is 0 Å². The average Bonchev–Trinajstić information content (AvgIpc) is 2.18. The number of pyridine rings is 1. The molecule has 7 heteroatoms. The summed E-state index contributed by atoms with van der Waals surface area (Å²) < 4.78 is 22.3. The molecule has 0 aliphatic carbocycles. The van der Waals surface area contributed by atoms with Gasteiger partial charge in [0.1, 0.15) is 6.20 Å². The van der Waals surface area contributed by atoms with E-state index in [0.29, 0.717) is 0 Å². The molecule has 1 heterocycles. The third kappa shape index (κ3) is 1.94. The molecule has 0 aromatic carbocycles. The van der Waals surface area contributed by atoms with E-state index in [1.165, 1.54) is 0 Å². The summed E-state index contributed by atoms with van der Waals surface area (Å²) in [6.07, 6.45) is 0.885. The first-order valence-corrected chi connectivity index (χ1v) is 5.00. The Kier molecular flexibility index (Phi) is 2.61. The van der Waals surface area contributed by atoms with Gasteiger partial charge in [-0.25, -0.2) is 13.4 Å². The highest BCUT2D eigenvalue weighted by atomic mass is 32.2. The predicted octanol–water partition coefficient (Wildman–Crippen LogP) is 0.907. The second kappa shape index (κ2) is 3.54. The molecular weight excluding hydrogens is 208 g/mol. The molecule has 1 rings (SSSR count). The van der Waals surface area contributed by atoms with Crippen LogP contribution in [0.3, 0.4) is 0 Å². The van der Waals surface area contributed by atoms with E-state index in [1.807, 2.05) is 0 Å². The van der Waals surface area contributed by atoms with Crippen molar-refractivity contribution in [3.63, 3.8) is 0 Å². The van der Waals surface area contributed by atoms with Crippen LogP contribution in [0.4, 0.5) is 5.69 Å². The minimum absolute atomic E-state index is 0.252. The van der Waals surface area contributed by atoms with E-state index < -0.39 is 14.8 Å². The summed E-state index contributed by atoms with van der Waals surface area (Å²) in [6.45, 7) is 3.10. The Balaban J connectivity index is 3.19. The molecule has 0 amide bonds. The molecule has 0 N–H and O–H groups in total. The molecule has 0 saturated carbocycles. The van der Waals surface area contributed by atoms with Crippen LogP contribution in [0, 0.1) is 10.1 Å². The molecule has 1 aromatic rings. The quantitative estimate of drug-likeness (QED) is 0.550. The zero-order chi connectivity index (χ0) is 10.8. The van der Waals surface area contributed by atoms with E-state index in [4.69, 9.17) is 0 Å². The summed E-state index contributed by atoms with van der Waals surface area (Å²) in [5.74, 6) is 0. The Morgan fingerprint density at radius 3 is 2.50 bits per heavy atom. The summed E-state index contributed by atoms with van der Waals surface area (Å²) in [7, 11) is -3.61. The highest BCUT2D eigenvalue weighted by Gasteiger charge is 2.13. The van der Waals surface area contributed by atoms with Crippen molar-refractivity contribution in [3.05, 3.63) is 40.4 Å². The van der Waals surface area contributed by atoms with Gasteiger partial charge in [-0.1, -0.05) is 6.58 Å². The smallest absolute Gasteiger partial charge is 0.258 e. The fourth-order valence-corrected chi connectivity index (χ4v) is 1.36. The van der Waals surface area contributed by atoms with Gasteiger partial charge in [-0.2, -0.15) is 0 Å². The molecule has 0 radical (unpaired) electrons. The van der Waals surface area contributed by atoms with Crippen molar-refractivity contribution in [2.24, 2.45) is 0 Å². The van der Waals surface area contributed by atoms with Crippen LogP contribution in [0.2, 0.25) is 0 Å². The van der Waals surface area contributed by atoms with Crippen molar-refractivity contribution in [2.45, 2.75) is 5.03 Å². The summed E-state index contributed by atoms with van der Waals surface area (Å²) >= 11 is 0. The van der Waals surface area contributed by atoms with Crippen LogP contribution in [-0.2, 0) is 9.84 Å². The second-order valence-corrected chi connectivity index (χ2v) is 4.17. The molecule has 74 valence electrons. The Morgan fingerprint density at radius 1 is 1.50 bits per heavy atom. The number of sulfone groups is 1. The number of nitrogens with zero attached hydrogens (tertiary/aromatic N) is 2. The minimum atomic E-state index is -3.61. The van der Waals surface area contributed by atoms with E-state index in [0.717, 1.165) is 23.7 Å². The lowest BCUT2D eigenvalue weighted by Gasteiger charge is -1.95. The van der Waals surface area contributed by atoms with Gasteiger partial charge in [0.25, 0.3) is 5.69 Å². The Hall–Kier alpha value is -1.76. The van der Waals surface area contributed by atoms with Gasteiger partial charge in [0, 0.05) is 11.5 Å². The number of nitro groups is 1. The molecule has 0 aliphatic rings. The van der Waals surface area contributed by atoms with Crippen molar-refractivity contribution in [1.82, 2.24) is 4.98 Å². The van der Waals surface area contributed by atoms with Gasteiger partial charge in [0.05, 0.1) is 4.92 Å². The zero-order valence-electron chi connectivity index (χ0n) is 6.95. The molecule has 0 aliphatic heterocycles. The molecule has 0 fully saturated rings. The summed E-state index contributed by atoms with van der Waals surface area (Å²) in [6, 6.07) is 2.14. The van der Waals surface area contributed by atoms with Crippen molar-refractivity contribution < 1.29 is 13.3 Å². The van der Waals surface area contributed by atoms with Gasteiger partial charge in [0.15, 0.2) is 5.03 Å². The van der Waals surface area contributed by atoms with Crippen molar-refractivity contribution in [3.8, 4) is 0 Å². The fraction of sp³-hybridized carbons (Fsp3) is 0. The third-order valence-corrected chi connectivity index (χ3v) is 2.71. The molecule has 0 bridgehead atoms. The monoisotopic (exact) mass is 214 g/mol. The largest absolute Gasteiger partial charge is 0.287 e. The Bertz CT molecular complexity index is 463. The van der Waals surface area contributed by atoms with Crippen molar-refractivity contribution >= 4 is 15.5 Å². The lowest BCUT2D eigenvalue weighted by Crippen LogP contribution is -1.99. The van der Waals surface area contributed by atoms with Gasteiger partial charge >= 0.3 is 0 Å². The average molecular weight is 214 g/mol. The van der Waals surface area contributed by atoms with Crippen LogP contribution in [-0.4, -0.2) is 18.3 Å². The first kappa shape index (κ1) is 10.3. The number of aromatic nitrogens is 1. The predicted molar refractivity (Wildman–Crippen MR) is 48.3 cm³/mol. The maximum Gasteiger partial charge on any atom is 0.287 e. The SMILES string of the molecule is C=CS(=O)(=O)c1ccc([N+](=O)[O-])cn1. The van der Waals surface area contributed by atoms with Crippen LogP contribution in [0.1, 0.15) is 0 Å². The molecular formula is C7H6N2O4S. The lowest BCUT2D eigenvalue weighted by molar-refractivity contribution is -0.385. The standard InChI is InChI=1S/C7H6N2O4S/c1-2-14(12,13)7-4-3-6(5-8-7)9(10)11/h2-5H,1H2. The molecule has 1 aromatic heterocycles. The van der Waals surface area contributed by atoms with Gasteiger partial charge in [-0.05, 0) is 6.07 Å². The van der Waals surface area contributed by atoms with Crippen LogP contribution < -0.4 is 0 Å². The van der Waals surface area contributed by atoms with E-state index in [2.05, 4.69) is 11.6 Å². The molecule has 0 spiro atoms. The maximum absolute atomic E-state index is 11.1. The number of rotatable bonds is 3.